The van der Waals surface area contributed by atoms with E-state index in [0.29, 0.717) is 15.6 Å². The molecule has 5 rings (SSSR count). The maximum absolute atomic E-state index is 13.3. The Labute approximate surface area is 210 Å². The fourth-order valence-corrected chi connectivity index (χ4v) is 4.88. The molecule has 2 aromatic carbocycles. The molecule has 3 heterocycles. The molecule has 2 aromatic heterocycles. The highest BCUT2D eigenvalue weighted by atomic mass is 79.9. The maximum Gasteiger partial charge on any atom is 0.255 e. The molecule has 5 nitrogen and oxygen atoms in total. The summed E-state index contributed by atoms with van der Waals surface area (Å²) in [7, 11) is 2.08. The minimum atomic E-state index is 0.0227. The second-order valence-electron chi connectivity index (χ2n) is 8.19. The molecule has 33 heavy (non-hydrogen) atoms. The molecule has 1 aliphatic heterocycles. The number of fused-ring (bicyclic) bond motifs is 1. The van der Waals surface area contributed by atoms with Crippen molar-refractivity contribution in [2.24, 2.45) is 0 Å². The number of benzene rings is 2. The zero-order valence-electron chi connectivity index (χ0n) is 17.9. The van der Waals surface area contributed by atoms with Crippen molar-refractivity contribution >= 4 is 50.7 Å². The molecule has 4 aromatic rings. The zero-order chi connectivity index (χ0) is 23.1. The Morgan fingerprint density at radius 1 is 0.909 bits per heavy atom. The number of piperazine rings is 1. The third-order valence-corrected chi connectivity index (χ3v) is 7.04. The second kappa shape index (κ2) is 9.11. The van der Waals surface area contributed by atoms with E-state index in [1.807, 2.05) is 70.1 Å². The van der Waals surface area contributed by atoms with Crippen LogP contribution in [0.15, 0.2) is 65.3 Å². The molecule has 8 heteroatoms. The number of nitrogens with zero attached hydrogens (tertiary/aromatic N) is 4. The van der Waals surface area contributed by atoms with Gasteiger partial charge in [-0.1, -0.05) is 47.5 Å². The van der Waals surface area contributed by atoms with Gasteiger partial charge in [-0.25, -0.2) is 4.98 Å². The summed E-state index contributed by atoms with van der Waals surface area (Å²) < 4.78 is 2.75. The van der Waals surface area contributed by atoms with Gasteiger partial charge in [-0.3, -0.25) is 9.20 Å². The van der Waals surface area contributed by atoms with Crippen LogP contribution in [0.25, 0.3) is 28.2 Å². The van der Waals surface area contributed by atoms with Gasteiger partial charge in [-0.15, -0.1) is 0 Å². The Balaban J connectivity index is 1.69. The SMILES string of the molecule is CN1CCN(C(=O)c2cc(Br)c3nc(-c4ccc(Cl)cc4)c(-c4ccc(Cl)cc4)n3c2)CC1. The minimum Gasteiger partial charge on any atom is -0.336 e. The molecule has 0 radical (unpaired) electrons. The van der Waals surface area contributed by atoms with Gasteiger partial charge in [-0.2, -0.15) is 0 Å². The maximum atomic E-state index is 13.3. The van der Waals surface area contributed by atoms with E-state index in [1.165, 1.54) is 0 Å². The molecule has 1 amide bonds. The monoisotopic (exact) mass is 542 g/mol. The largest absolute Gasteiger partial charge is 0.336 e. The molecule has 0 bridgehead atoms. The van der Waals surface area contributed by atoms with E-state index in [1.54, 1.807) is 0 Å². The Morgan fingerprint density at radius 2 is 1.48 bits per heavy atom. The van der Waals surface area contributed by atoms with Crippen LogP contribution in [0.4, 0.5) is 0 Å². The third-order valence-electron chi connectivity index (χ3n) is 5.95. The summed E-state index contributed by atoms with van der Waals surface area (Å²) >= 11 is 15.9. The molecule has 1 saturated heterocycles. The normalized spacial score (nSPS) is 14.7. The first kappa shape index (κ1) is 22.4. The van der Waals surface area contributed by atoms with E-state index in [2.05, 4.69) is 27.9 Å². The van der Waals surface area contributed by atoms with Crippen molar-refractivity contribution in [3.63, 3.8) is 0 Å². The van der Waals surface area contributed by atoms with Gasteiger partial charge in [-0.05, 0) is 53.3 Å². The van der Waals surface area contributed by atoms with Crippen LogP contribution >= 0.6 is 39.1 Å². The molecule has 1 fully saturated rings. The number of amides is 1. The van der Waals surface area contributed by atoms with Gasteiger partial charge >= 0.3 is 0 Å². The van der Waals surface area contributed by atoms with Crippen LogP contribution in [-0.4, -0.2) is 58.3 Å². The summed E-state index contributed by atoms with van der Waals surface area (Å²) in [5.41, 5.74) is 4.94. The molecule has 0 spiro atoms. The second-order valence-corrected chi connectivity index (χ2v) is 9.92. The summed E-state index contributed by atoms with van der Waals surface area (Å²) in [6.07, 6.45) is 1.89. The summed E-state index contributed by atoms with van der Waals surface area (Å²) in [5.74, 6) is 0.0227. The van der Waals surface area contributed by atoms with Gasteiger partial charge in [0.05, 0.1) is 21.4 Å². The first-order valence-electron chi connectivity index (χ1n) is 10.6. The molecular formula is C25H21BrCl2N4O. The summed E-state index contributed by atoms with van der Waals surface area (Å²) in [5, 5.41) is 1.32. The van der Waals surface area contributed by atoms with Crippen LogP contribution < -0.4 is 0 Å². The van der Waals surface area contributed by atoms with Crippen molar-refractivity contribution in [2.75, 3.05) is 33.2 Å². The van der Waals surface area contributed by atoms with Crippen molar-refractivity contribution in [1.82, 2.24) is 19.2 Å². The van der Waals surface area contributed by atoms with Crippen molar-refractivity contribution < 1.29 is 4.79 Å². The summed E-state index contributed by atoms with van der Waals surface area (Å²) in [6, 6.07) is 17.1. The number of likely N-dealkylation sites (N-methyl/N-ethyl adjacent to an activating group) is 1. The summed E-state index contributed by atoms with van der Waals surface area (Å²) in [4.78, 5) is 22.4. The number of hydrogen-bond donors (Lipinski definition) is 0. The minimum absolute atomic E-state index is 0.0227. The van der Waals surface area contributed by atoms with E-state index >= 15 is 0 Å². The number of carbonyl (C=O) groups excluding carboxylic acids is 1. The van der Waals surface area contributed by atoms with Gasteiger partial charge in [0.2, 0.25) is 0 Å². The predicted octanol–water partition coefficient (Wildman–Crippen LogP) is 6.13. The molecule has 0 aliphatic carbocycles. The van der Waals surface area contributed by atoms with Crippen molar-refractivity contribution in [3.05, 3.63) is 80.9 Å². The van der Waals surface area contributed by atoms with E-state index in [9.17, 15) is 4.79 Å². The van der Waals surface area contributed by atoms with Crippen molar-refractivity contribution in [3.8, 4) is 22.5 Å². The Hall–Kier alpha value is -2.38. The highest BCUT2D eigenvalue weighted by molar-refractivity contribution is 9.10. The molecule has 0 N–H and O–H groups in total. The Bertz CT molecular complexity index is 1330. The molecule has 1 aliphatic rings. The predicted molar refractivity (Wildman–Crippen MR) is 137 cm³/mol. The number of pyridine rings is 1. The van der Waals surface area contributed by atoms with Gasteiger partial charge in [0.25, 0.3) is 5.91 Å². The third kappa shape index (κ3) is 4.41. The van der Waals surface area contributed by atoms with Crippen molar-refractivity contribution in [1.29, 1.82) is 0 Å². The van der Waals surface area contributed by atoms with Crippen LogP contribution in [-0.2, 0) is 0 Å². The van der Waals surface area contributed by atoms with Crippen LogP contribution in [0.2, 0.25) is 10.0 Å². The quantitative estimate of drug-likeness (QED) is 0.312. The number of halogens is 3. The van der Waals surface area contributed by atoms with E-state index in [0.717, 1.165) is 58.8 Å². The van der Waals surface area contributed by atoms with Crippen LogP contribution in [0.1, 0.15) is 10.4 Å². The number of imidazole rings is 1. The average molecular weight is 544 g/mol. The molecular weight excluding hydrogens is 523 g/mol. The zero-order valence-corrected chi connectivity index (χ0v) is 21.0. The van der Waals surface area contributed by atoms with Crippen molar-refractivity contribution in [2.45, 2.75) is 0 Å². The average Bonchev–Trinajstić information content (AvgIpc) is 3.20. The lowest BCUT2D eigenvalue weighted by Gasteiger charge is -2.32. The number of aromatic nitrogens is 2. The molecule has 0 unspecified atom stereocenters. The molecule has 0 saturated carbocycles. The Morgan fingerprint density at radius 3 is 2.09 bits per heavy atom. The lowest BCUT2D eigenvalue weighted by Crippen LogP contribution is -2.47. The number of hydrogen-bond acceptors (Lipinski definition) is 3. The lowest BCUT2D eigenvalue weighted by atomic mass is 10.0. The van der Waals surface area contributed by atoms with Gasteiger partial charge in [0, 0.05) is 53.5 Å². The van der Waals surface area contributed by atoms with Gasteiger partial charge < -0.3 is 9.80 Å². The fourth-order valence-electron chi connectivity index (χ4n) is 4.11. The van der Waals surface area contributed by atoms with Gasteiger partial charge in [0.1, 0.15) is 0 Å². The van der Waals surface area contributed by atoms with Gasteiger partial charge in [0.15, 0.2) is 5.65 Å². The number of rotatable bonds is 3. The Kier molecular flexibility index (Phi) is 6.18. The highest BCUT2D eigenvalue weighted by Gasteiger charge is 2.24. The standard InChI is InChI=1S/C25H21BrCl2N4O/c1-30-10-12-31(13-11-30)25(33)18-14-21(26)24-29-22(16-2-6-19(27)7-3-16)23(32(24)15-18)17-4-8-20(28)9-5-17/h2-9,14-15H,10-13H2,1H3. The lowest BCUT2D eigenvalue weighted by molar-refractivity contribution is 0.0663. The summed E-state index contributed by atoms with van der Waals surface area (Å²) in [6.45, 7) is 3.18. The van der Waals surface area contributed by atoms with Crippen LogP contribution in [0, 0.1) is 0 Å². The molecule has 0 atom stereocenters. The topological polar surface area (TPSA) is 40.8 Å². The first-order chi connectivity index (χ1) is 15.9. The smallest absolute Gasteiger partial charge is 0.255 e. The first-order valence-corrected chi connectivity index (χ1v) is 12.2. The van der Waals surface area contributed by atoms with E-state index in [-0.39, 0.29) is 5.91 Å². The fraction of sp³-hybridized carbons (Fsp3) is 0.200. The number of carbonyl (C=O) groups is 1. The van der Waals surface area contributed by atoms with Crippen LogP contribution in [0.3, 0.4) is 0 Å². The molecule has 168 valence electrons. The van der Waals surface area contributed by atoms with Crippen LogP contribution in [0.5, 0.6) is 0 Å². The highest BCUT2D eigenvalue weighted by Crippen LogP contribution is 2.36. The van der Waals surface area contributed by atoms with E-state index in [4.69, 9.17) is 28.2 Å². The van der Waals surface area contributed by atoms with E-state index < -0.39 is 0 Å².